The van der Waals surface area contributed by atoms with Crippen LogP contribution in [-0.4, -0.2) is 6.61 Å². The van der Waals surface area contributed by atoms with Crippen molar-refractivity contribution in [3.63, 3.8) is 0 Å². The van der Waals surface area contributed by atoms with Gasteiger partial charge in [-0.2, -0.15) is 0 Å². The first-order chi connectivity index (χ1) is 9.19. The van der Waals surface area contributed by atoms with E-state index in [9.17, 15) is 0 Å². The average Bonchev–Trinajstić information content (AvgIpc) is 2.74. The van der Waals surface area contributed by atoms with E-state index in [1.807, 2.05) is 18.2 Å². The number of rotatable bonds is 6. The normalized spacial score (nSPS) is 10.5. The fourth-order valence-electron chi connectivity index (χ4n) is 1.58. The molecule has 1 aromatic carbocycles. The van der Waals surface area contributed by atoms with Gasteiger partial charge in [0.05, 0.1) is 10.4 Å². The van der Waals surface area contributed by atoms with Crippen molar-refractivity contribution in [2.24, 2.45) is 0 Å². The monoisotopic (exact) mass is 403 g/mol. The molecule has 102 valence electrons. The summed E-state index contributed by atoms with van der Waals surface area (Å²) in [6.07, 6.45) is 1.02. The van der Waals surface area contributed by atoms with Gasteiger partial charge in [-0.15, -0.1) is 11.3 Å². The van der Waals surface area contributed by atoms with Crippen LogP contribution in [0.5, 0.6) is 5.75 Å². The van der Waals surface area contributed by atoms with E-state index in [1.54, 1.807) is 11.3 Å². The van der Waals surface area contributed by atoms with Gasteiger partial charge in [0.15, 0.2) is 0 Å². The van der Waals surface area contributed by atoms with Crippen LogP contribution in [0.4, 0.5) is 5.69 Å². The third-order valence-corrected chi connectivity index (χ3v) is 5.73. The zero-order valence-corrected chi connectivity index (χ0v) is 14.6. The van der Waals surface area contributed by atoms with Crippen molar-refractivity contribution in [1.82, 2.24) is 0 Å². The zero-order chi connectivity index (χ0) is 13.7. The van der Waals surface area contributed by atoms with Gasteiger partial charge in [0.25, 0.3) is 0 Å². The zero-order valence-electron chi connectivity index (χ0n) is 10.6. The van der Waals surface area contributed by atoms with Crippen molar-refractivity contribution in [2.45, 2.75) is 19.9 Å². The number of hydrogen-bond donors (Lipinski definition) is 1. The number of halogens is 2. The quantitative estimate of drug-likeness (QED) is 0.669. The molecule has 1 heterocycles. The summed E-state index contributed by atoms with van der Waals surface area (Å²) in [5.41, 5.74) is 1.08. The van der Waals surface area contributed by atoms with Crippen LogP contribution in [0, 0.1) is 0 Å². The second kappa shape index (κ2) is 7.31. The largest absolute Gasteiger partial charge is 0.494 e. The fourth-order valence-corrected chi connectivity index (χ4v) is 3.70. The Hall–Kier alpha value is -0.520. The molecule has 2 rings (SSSR count). The predicted molar refractivity (Wildman–Crippen MR) is 89.3 cm³/mol. The first kappa shape index (κ1) is 14.9. The van der Waals surface area contributed by atoms with E-state index in [-0.39, 0.29) is 0 Å². The summed E-state index contributed by atoms with van der Waals surface area (Å²) in [5, 5.41) is 3.41. The van der Waals surface area contributed by atoms with Crippen molar-refractivity contribution in [3.8, 4) is 5.75 Å². The van der Waals surface area contributed by atoms with Gasteiger partial charge in [-0.3, -0.25) is 0 Å². The van der Waals surface area contributed by atoms with E-state index >= 15 is 0 Å². The van der Waals surface area contributed by atoms with Gasteiger partial charge < -0.3 is 10.1 Å². The lowest BCUT2D eigenvalue weighted by Crippen LogP contribution is -1.99. The van der Waals surface area contributed by atoms with E-state index in [2.05, 4.69) is 56.2 Å². The molecule has 1 N–H and O–H groups in total. The molecule has 0 fully saturated rings. The molecule has 0 aliphatic heterocycles. The molecule has 0 saturated heterocycles. The van der Waals surface area contributed by atoms with Crippen LogP contribution in [0.15, 0.2) is 38.6 Å². The molecule has 19 heavy (non-hydrogen) atoms. The Labute approximate surface area is 134 Å². The van der Waals surface area contributed by atoms with Crippen LogP contribution in [0.25, 0.3) is 0 Å². The lowest BCUT2D eigenvalue weighted by Gasteiger charge is -2.08. The second-order valence-corrected chi connectivity index (χ2v) is 7.37. The van der Waals surface area contributed by atoms with Gasteiger partial charge in [0.2, 0.25) is 0 Å². The SMILES string of the molecule is CCCOc1cccc(NCc2cc(Br)c(Br)s2)c1. The Morgan fingerprint density at radius 2 is 2.11 bits per heavy atom. The number of benzene rings is 1. The molecule has 0 saturated carbocycles. The van der Waals surface area contributed by atoms with Crippen molar-refractivity contribution in [2.75, 3.05) is 11.9 Å². The van der Waals surface area contributed by atoms with Crippen LogP contribution in [0.1, 0.15) is 18.2 Å². The predicted octanol–water partition coefficient (Wildman–Crippen LogP) is 5.67. The Bertz CT molecular complexity index is 522. The Morgan fingerprint density at radius 3 is 2.79 bits per heavy atom. The minimum absolute atomic E-state index is 0.758. The molecule has 0 amide bonds. The maximum Gasteiger partial charge on any atom is 0.121 e. The molecule has 0 bridgehead atoms. The summed E-state index contributed by atoms with van der Waals surface area (Å²) in [4.78, 5) is 1.28. The molecule has 0 unspecified atom stereocenters. The molecule has 0 aliphatic rings. The number of nitrogens with one attached hydrogen (secondary N) is 1. The van der Waals surface area contributed by atoms with Crippen LogP contribution < -0.4 is 10.1 Å². The highest BCUT2D eigenvalue weighted by molar-refractivity contribution is 9.13. The molecule has 0 spiro atoms. The summed E-state index contributed by atoms with van der Waals surface area (Å²) < 4.78 is 7.85. The van der Waals surface area contributed by atoms with Crippen molar-refractivity contribution in [1.29, 1.82) is 0 Å². The van der Waals surface area contributed by atoms with E-state index < -0.39 is 0 Å². The summed E-state index contributed by atoms with van der Waals surface area (Å²) in [5.74, 6) is 0.917. The van der Waals surface area contributed by atoms with Gasteiger partial charge >= 0.3 is 0 Å². The molecule has 0 radical (unpaired) electrons. The second-order valence-electron chi connectivity index (χ2n) is 4.06. The smallest absolute Gasteiger partial charge is 0.121 e. The van der Waals surface area contributed by atoms with Gasteiger partial charge in [-0.05, 0) is 56.5 Å². The Kier molecular flexibility index (Phi) is 5.73. The fraction of sp³-hybridized carbons (Fsp3) is 0.286. The number of thiophene rings is 1. The molecular formula is C14H15Br2NOS. The highest BCUT2D eigenvalue weighted by atomic mass is 79.9. The molecule has 2 aromatic rings. The van der Waals surface area contributed by atoms with Crippen LogP contribution in [0.2, 0.25) is 0 Å². The molecule has 5 heteroatoms. The molecule has 0 atom stereocenters. The summed E-state index contributed by atoms with van der Waals surface area (Å²) in [6, 6.07) is 10.2. The van der Waals surface area contributed by atoms with E-state index in [4.69, 9.17) is 4.74 Å². The standard InChI is InChI=1S/C14H15Br2NOS/c1-2-6-18-11-5-3-4-10(7-11)17-9-12-8-13(15)14(16)19-12/h3-5,7-8,17H,2,6,9H2,1H3. The van der Waals surface area contributed by atoms with Crippen molar-refractivity contribution >= 4 is 48.9 Å². The lowest BCUT2D eigenvalue weighted by atomic mass is 10.3. The lowest BCUT2D eigenvalue weighted by molar-refractivity contribution is 0.317. The van der Waals surface area contributed by atoms with Gasteiger partial charge in [0.1, 0.15) is 5.75 Å². The minimum Gasteiger partial charge on any atom is -0.494 e. The maximum atomic E-state index is 5.62. The number of ether oxygens (including phenoxy) is 1. The van der Waals surface area contributed by atoms with Gasteiger partial charge in [-0.1, -0.05) is 13.0 Å². The maximum absolute atomic E-state index is 5.62. The molecule has 1 aromatic heterocycles. The highest BCUT2D eigenvalue weighted by Gasteiger charge is 2.04. The topological polar surface area (TPSA) is 21.3 Å². The Balaban J connectivity index is 1.95. The van der Waals surface area contributed by atoms with Gasteiger partial charge in [0, 0.05) is 27.6 Å². The van der Waals surface area contributed by atoms with Crippen LogP contribution in [-0.2, 0) is 6.54 Å². The van der Waals surface area contributed by atoms with Crippen LogP contribution in [0.3, 0.4) is 0 Å². The van der Waals surface area contributed by atoms with E-state index in [0.29, 0.717) is 0 Å². The first-order valence-electron chi connectivity index (χ1n) is 6.09. The van der Waals surface area contributed by atoms with E-state index in [0.717, 1.165) is 39.3 Å². The number of anilines is 1. The summed E-state index contributed by atoms with van der Waals surface area (Å²) in [7, 11) is 0. The van der Waals surface area contributed by atoms with Crippen molar-refractivity contribution < 1.29 is 4.74 Å². The summed E-state index contributed by atoms with van der Waals surface area (Å²) in [6.45, 7) is 3.68. The molecule has 2 nitrogen and oxygen atoms in total. The summed E-state index contributed by atoms with van der Waals surface area (Å²) >= 11 is 8.73. The van der Waals surface area contributed by atoms with Gasteiger partial charge in [-0.25, -0.2) is 0 Å². The van der Waals surface area contributed by atoms with Crippen molar-refractivity contribution in [3.05, 3.63) is 43.5 Å². The highest BCUT2D eigenvalue weighted by Crippen LogP contribution is 2.32. The first-order valence-corrected chi connectivity index (χ1v) is 8.49. The third-order valence-electron chi connectivity index (χ3n) is 2.47. The third kappa shape index (κ3) is 4.51. The van der Waals surface area contributed by atoms with Crippen LogP contribution >= 0.6 is 43.2 Å². The number of hydrogen-bond acceptors (Lipinski definition) is 3. The average molecular weight is 405 g/mol. The Morgan fingerprint density at radius 1 is 1.26 bits per heavy atom. The molecular weight excluding hydrogens is 390 g/mol. The minimum atomic E-state index is 0.758. The van der Waals surface area contributed by atoms with E-state index in [1.165, 1.54) is 4.88 Å². The molecule has 0 aliphatic carbocycles.